The van der Waals surface area contributed by atoms with Gasteiger partial charge in [-0.2, -0.15) is 0 Å². The molecule has 1 saturated heterocycles. The monoisotopic (exact) mass is 129 g/mol. The van der Waals surface area contributed by atoms with Gasteiger partial charge in [0.15, 0.2) is 0 Å². The van der Waals surface area contributed by atoms with E-state index in [0.717, 1.165) is 13.1 Å². The van der Waals surface area contributed by atoms with E-state index in [1.807, 2.05) is 0 Å². The molecule has 0 bridgehead atoms. The fourth-order valence-electron chi connectivity index (χ4n) is 1.21. The molecule has 1 aliphatic heterocycles. The summed E-state index contributed by atoms with van der Waals surface area (Å²) in [6.45, 7) is 6.10. The number of aliphatic hydroxyl groups is 1. The number of piperidine rings is 1. The molecule has 0 aromatic carbocycles. The van der Waals surface area contributed by atoms with E-state index in [4.69, 9.17) is 0 Å². The van der Waals surface area contributed by atoms with Crippen LogP contribution in [0.4, 0.5) is 0 Å². The number of β-amino-alcohol motifs (C(OH)–C–C–N with tert-alkyl or cyclic N) is 1. The first-order chi connectivity index (χ1) is 4.22. The Morgan fingerprint density at radius 2 is 2.00 bits per heavy atom. The second-order valence-electron chi connectivity index (χ2n) is 3.06. The lowest BCUT2D eigenvalue weighted by Gasteiger charge is -2.31. The van der Waals surface area contributed by atoms with Crippen LogP contribution in [-0.2, 0) is 0 Å². The largest absolute Gasteiger partial charge is 0.392 e. The predicted molar refractivity (Wildman–Crippen MR) is 37.2 cm³/mol. The predicted octanol–water partition coefficient (Wildman–Crippen LogP) is 0.223. The molecule has 0 saturated carbocycles. The molecule has 2 nitrogen and oxygen atoms in total. The SMILES string of the molecule is C[C@H]1[C@H](O)CNC[C@@H]1C. The molecule has 0 unspecified atom stereocenters. The number of hydrogen-bond acceptors (Lipinski definition) is 2. The van der Waals surface area contributed by atoms with Crippen molar-refractivity contribution in [1.82, 2.24) is 5.32 Å². The third-order valence-corrected chi connectivity index (χ3v) is 2.32. The summed E-state index contributed by atoms with van der Waals surface area (Å²) in [6.07, 6.45) is -0.131. The van der Waals surface area contributed by atoms with Gasteiger partial charge < -0.3 is 10.4 Å². The van der Waals surface area contributed by atoms with Crippen LogP contribution in [0.5, 0.6) is 0 Å². The highest BCUT2D eigenvalue weighted by molar-refractivity contribution is 4.78. The van der Waals surface area contributed by atoms with Gasteiger partial charge in [0.1, 0.15) is 0 Å². The highest BCUT2D eigenvalue weighted by Crippen LogP contribution is 2.17. The van der Waals surface area contributed by atoms with Gasteiger partial charge in [0.05, 0.1) is 6.10 Å². The molecule has 54 valence electrons. The molecule has 2 N–H and O–H groups in total. The minimum atomic E-state index is -0.131. The zero-order valence-electron chi connectivity index (χ0n) is 6.09. The molecular formula is C7H15NO. The van der Waals surface area contributed by atoms with E-state index in [1.54, 1.807) is 0 Å². The van der Waals surface area contributed by atoms with Gasteiger partial charge in [0, 0.05) is 6.54 Å². The number of hydrogen-bond donors (Lipinski definition) is 2. The van der Waals surface area contributed by atoms with Gasteiger partial charge in [-0.25, -0.2) is 0 Å². The Morgan fingerprint density at radius 3 is 2.44 bits per heavy atom. The van der Waals surface area contributed by atoms with Gasteiger partial charge in [-0.05, 0) is 18.4 Å². The maximum absolute atomic E-state index is 9.29. The highest BCUT2D eigenvalue weighted by atomic mass is 16.3. The highest BCUT2D eigenvalue weighted by Gasteiger charge is 2.24. The average molecular weight is 129 g/mol. The third kappa shape index (κ3) is 1.43. The standard InChI is InChI=1S/C7H15NO/c1-5-3-8-4-7(9)6(5)2/h5-9H,3-4H2,1-2H3/t5-,6+,7+/m0/s1. The summed E-state index contributed by atoms with van der Waals surface area (Å²) < 4.78 is 0. The van der Waals surface area contributed by atoms with Gasteiger partial charge in [0.2, 0.25) is 0 Å². The van der Waals surface area contributed by atoms with E-state index in [0.29, 0.717) is 11.8 Å². The normalized spacial score (nSPS) is 45.0. The van der Waals surface area contributed by atoms with Crippen molar-refractivity contribution in [2.75, 3.05) is 13.1 Å². The van der Waals surface area contributed by atoms with Gasteiger partial charge >= 0.3 is 0 Å². The van der Waals surface area contributed by atoms with Crippen LogP contribution in [0.1, 0.15) is 13.8 Å². The molecule has 0 aromatic heterocycles. The molecule has 1 heterocycles. The van der Waals surface area contributed by atoms with Crippen molar-refractivity contribution in [2.45, 2.75) is 20.0 Å². The second kappa shape index (κ2) is 2.67. The Labute approximate surface area is 56.3 Å². The molecule has 0 aliphatic carbocycles. The van der Waals surface area contributed by atoms with Crippen molar-refractivity contribution in [2.24, 2.45) is 11.8 Å². The fraction of sp³-hybridized carbons (Fsp3) is 1.00. The Kier molecular flexibility index (Phi) is 2.09. The lowest BCUT2D eigenvalue weighted by Crippen LogP contribution is -2.44. The molecule has 1 rings (SSSR count). The van der Waals surface area contributed by atoms with Crippen molar-refractivity contribution in [3.63, 3.8) is 0 Å². The molecular weight excluding hydrogens is 114 g/mol. The van der Waals surface area contributed by atoms with E-state index in [-0.39, 0.29) is 6.10 Å². The minimum absolute atomic E-state index is 0.131. The molecule has 9 heavy (non-hydrogen) atoms. The molecule has 0 aromatic rings. The molecule has 0 spiro atoms. The van der Waals surface area contributed by atoms with Crippen LogP contribution in [0.2, 0.25) is 0 Å². The molecule has 3 atom stereocenters. The second-order valence-corrected chi connectivity index (χ2v) is 3.06. The topological polar surface area (TPSA) is 32.3 Å². The summed E-state index contributed by atoms with van der Waals surface area (Å²) >= 11 is 0. The minimum Gasteiger partial charge on any atom is -0.392 e. The first-order valence-electron chi connectivity index (χ1n) is 3.60. The summed E-state index contributed by atoms with van der Waals surface area (Å²) in [5, 5.41) is 12.5. The summed E-state index contributed by atoms with van der Waals surface area (Å²) in [5.74, 6) is 1.08. The van der Waals surface area contributed by atoms with Crippen molar-refractivity contribution in [1.29, 1.82) is 0 Å². The van der Waals surface area contributed by atoms with Crippen molar-refractivity contribution in [3.8, 4) is 0 Å². The van der Waals surface area contributed by atoms with Crippen LogP contribution in [0.3, 0.4) is 0 Å². The molecule has 0 radical (unpaired) electrons. The van der Waals surface area contributed by atoms with Gasteiger partial charge in [-0.3, -0.25) is 0 Å². The summed E-state index contributed by atoms with van der Waals surface area (Å²) in [4.78, 5) is 0. The quantitative estimate of drug-likeness (QED) is 0.490. The maximum Gasteiger partial charge on any atom is 0.0693 e. The number of nitrogens with one attached hydrogen (secondary N) is 1. The van der Waals surface area contributed by atoms with E-state index in [9.17, 15) is 5.11 Å². The zero-order chi connectivity index (χ0) is 6.85. The lowest BCUT2D eigenvalue weighted by molar-refractivity contribution is 0.0615. The van der Waals surface area contributed by atoms with Crippen LogP contribution in [-0.4, -0.2) is 24.3 Å². The summed E-state index contributed by atoms with van der Waals surface area (Å²) in [5.41, 5.74) is 0. The van der Waals surface area contributed by atoms with E-state index in [1.165, 1.54) is 0 Å². The lowest BCUT2D eigenvalue weighted by atomic mass is 9.88. The van der Waals surface area contributed by atoms with Crippen LogP contribution in [0.25, 0.3) is 0 Å². The summed E-state index contributed by atoms with van der Waals surface area (Å²) in [6, 6.07) is 0. The van der Waals surface area contributed by atoms with Crippen LogP contribution < -0.4 is 5.32 Å². The van der Waals surface area contributed by atoms with Crippen LogP contribution >= 0.6 is 0 Å². The van der Waals surface area contributed by atoms with Crippen LogP contribution in [0, 0.1) is 11.8 Å². The zero-order valence-corrected chi connectivity index (χ0v) is 6.09. The van der Waals surface area contributed by atoms with Crippen molar-refractivity contribution < 1.29 is 5.11 Å². The maximum atomic E-state index is 9.29. The van der Waals surface area contributed by atoms with E-state index >= 15 is 0 Å². The van der Waals surface area contributed by atoms with E-state index in [2.05, 4.69) is 19.2 Å². The first-order valence-corrected chi connectivity index (χ1v) is 3.60. The van der Waals surface area contributed by atoms with Gasteiger partial charge in [-0.1, -0.05) is 13.8 Å². The van der Waals surface area contributed by atoms with Gasteiger partial charge in [0.25, 0.3) is 0 Å². The Hall–Kier alpha value is -0.0800. The number of aliphatic hydroxyl groups excluding tert-OH is 1. The van der Waals surface area contributed by atoms with Crippen molar-refractivity contribution >= 4 is 0 Å². The molecule has 1 fully saturated rings. The average Bonchev–Trinajstić information content (AvgIpc) is 1.83. The molecule has 0 amide bonds. The third-order valence-electron chi connectivity index (χ3n) is 2.32. The fourth-order valence-corrected chi connectivity index (χ4v) is 1.21. The Morgan fingerprint density at radius 1 is 1.33 bits per heavy atom. The number of rotatable bonds is 0. The van der Waals surface area contributed by atoms with Crippen LogP contribution in [0.15, 0.2) is 0 Å². The summed E-state index contributed by atoms with van der Waals surface area (Å²) in [7, 11) is 0. The van der Waals surface area contributed by atoms with Gasteiger partial charge in [-0.15, -0.1) is 0 Å². The molecule has 2 heteroatoms. The van der Waals surface area contributed by atoms with Crippen molar-refractivity contribution in [3.05, 3.63) is 0 Å². The smallest absolute Gasteiger partial charge is 0.0693 e. The molecule has 1 aliphatic rings. The first kappa shape index (κ1) is 7.03. The Balaban J connectivity index is 2.41. The Bertz CT molecular complexity index is 84.9. The van der Waals surface area contributed by atoms with E-state index < -0.39 is 0 Å².